The molecule has 0 N–H and O–H groups in total. The maximum atomic E-state index is 11.0. The molecule has 0 saturated heterocycles. The zero-order chi connectivity index (χ0) is 10.2. The number of amides is 1. The second-order valence-corrected chi connectivity index (χ2v) is 2.61. The van der Waals surface area contributed by atoms with Gasteiger partial charge < -0.3 is 0 Å². The summed E-state index contributed by atoms with van der Waals surface area (Å²) in [4.78, 5) is 14.6. The topological polar surface area (TPSA) is 29.4 Å². The van der Waals surface area contributed by atoms with E-state index in [1.807, 2.05) is 30.3 Å². The fourth-order valence-corrected chi connectivity index (χ4v) is 0.897. The lowest BCUT2D eigenvalue weighted by Gasteiger charge is -1.88. The zero-order valence-electron chi connectivity index (χ0n) is 7.97. The highest BCUT2D eigenvalue weighted by atomic mass is 16.1. The largest absolute Gasteiger partial charge is 0.277 e. The minimum atomic E-state index is -0.299. The first-order valence-corrected chi connectivity index (χ1v) is 4.34. The van der Waals surface area contributed by atoms with Crippen molar-refractivity contribution in [1.82, 2.24) is 0 Å². The summed E-state index contributed by atoms with van der Waals surface area (Å²) in [7, 11) is 0. The molecule has 1 aromatic rings. The van der Waals surface area contributed by atoms with Crippen LogP contribution in [0.5, 0.6) is 0 Å². The van der Waals surface area contributed by atoms with Crippen LogP contribution in [0.2, 0.25) is 0 Å². The van der Waals surface area contributed by atoms with Crippen molar-refractivity contribution in [3.63, 3.8) is 0 Å². The smallest absolute Gasteiger partial charge is 0.267 e. The molecule has 0 aliphatic heterocycles. The third-order valence-corrected chi connectivity index (χ3v) is 1.52. The van der Waals surface area contributed by atoms with Crippen LogP contribution in [0.15, 0.2) is 47.5 Å². The maximum absolute atomic E-state index is 11.0. The molecule has 0 heterocycles. The van der Waals surface area contributed by atoms with Crippen LogP contribution >= 0.6 is 0 Å². The van der Waals surface area contributed by atoms with E-state index in [0.29, 0.717) is 0 Å². The Morgan fingerprint density at radius 2 is 2.07 bits per heavy atom. The summed E-state index contributed by atoms with van der Waals surface area (Å²) in [5.74, 6) is 2.18. The van der Waals surface area contributed by atoms with Gasteiger partial charge in [-0.3, -0.25) is 4.79 Å². The molecule has 0 aromatic heterocycles. The molecular weight excluding hydrogens is 174 g/mol. The summed E-state index contributed by atoms with van der Waals surface area (Å²) in [6, 6.07) is 9.60. The summed E-state index contributed by atoms with van der Waals surface area (Å²) >= 11 is 0. The first kappa shape index (κ1) is 10.2. The van der Waals surface area contributed by atoms with Crippen molar-refractivity contribution in [3.05, 3.63) is 48.0 Å². The average molecular weight is 185 g/mol. The average Bonchev–Trinajstić information content (AvgIpc) is 2.25. The van der Waals surface area contributed by atoms with E-state index < -0.39 is 0 Å². The van der Waals surface area contributed by atoms with Gasteiger partial charge in [0.15, 0.2) is 0 Å². The normalized spacial score (nSPS) is 9.50. The van der Waals surface area contributed by atoms with Crippen molar-refractivity contribution in [2.24, 2.45) is 4.99 Å². The number of rotatable bonds is 2. The molecule has 2 nitrogen and oxygen atoms in total. The summed E-state index contributed by atoms with van der Waals surface area (Å²) in [5.41, 5.74) is 0.983. The highest BCUT2D eigenvalue weighted by Crippen LogP contribution is 2.00. The minimum Gasteiger partial charge on any atom is -0.267 e. The number of aliphatic imine (C=N–C) groups is 1. The van der Waals surface area contributed by atoms with Crippen molar-refractivity contribution in [2.45, 2.75) is 6.92 Å². The van der Waals surface area contributed by atoms with E-state index in [-0.39, 0.29) is 5.91 Å². The summed E-state index contributed by atoms with van der Waals surface area (Å²) < 4.78 is 0. The Balaban J connectivity index is 2.65. The van der Waals surface area contributed by atoms with Crippen LogP contribution in [-0.2, 0) is 4.79 Å². The number of allylic oxidation sites excluding steroid dienone is 1. The summed E-state index contributed by atoms with van der Waals surface area (Å²) in [5, 5.41) is 0. The van der Waals surface area contributed by atoms with Gasteiger partial charge >= 0.3 is 0 Å². The number of nitrogens with zero attached hydrogens (tertiary/aromatic N) is 1. The Morgan fingerprint density at radius 1 is 1.36 bits per heavy atom. The molecule has 0 unspecified atom stereocenters. The number of carbonyl (C=O) groups excluding carboxylic acids is 1. The molecule has 14 heavy (non-hydrogen) atoms. The van der Waals surface area contributed by atoms with Gasteiger partial charge in [-0.1, -0.05) is 30.3 Å². The van der Waals surface area contributed by atoms with Crippen LogP contribution in [0.25, 0.3) is 6.08 Å². The molecule has 0 aliphatic rings. The number of hydrogen-bond donors (Lipinski definition) is 0. The van der Waals surface area contributed by atoms with Gasteiger partial charge in [-0.25, -0.2) is 0 Å². The van der Waals surface area contributed by atoms with Gasteiger partial charge in [0.1, 0.15) is 0 Å². The molecule has 1 aromatic carbocycles. The first-order valence-electron chi connectivity index (χ1n) is 4.34. The molecule has 0 saturated carbocycles. The van der Waals surface area contributed by atoms with Gasteiger partial charge in [-0.05, 0) is 30.5 Å². The Morgan fingerprint density at radius 3 is 2.71 bits per heavy atom. The molecule has 0 aliphatic carbocycles. The molecule has 0 spiro atoms. The van der Waals surface area contributed by atoms with Crippen molar-refractivity contribution in [1.29, 1.82) is 0 Å². The molecular formula is C12H11NO. The Bertz CT molecular complexity index is 384. The van der Waals surface area contributed by atoms with Crippen LogP contribution < -0.4 is 0 Å². The van der Waals surface area contributed by atoms with E-state index in [1.54, 1.807) is 19.1 Å². The van der Waals surface area contributed by atoms with Gasteiger partial charge in [0.05, 0.1) is 0 Å². The van der Waals surface area contributed by atoms with Crippen molar-refractivity contribution in [3.8, 4) is 0 Å². The first-order chi connectivity index (χ1) is 6.83. The predicted molar refractivity (Wildman–Crippen MR) is 58.2 cm³/mol. The van der Waals surface area contributed by atoms with Crippen LogP contribution in [0, 0.1) is 0 Å². The highest BCUT2D eigenvalue weighted by molar-refractivity contribution is 5.95. The van der Waals surface area contributed by atoms with Gasteiger partial charge in [-0.15, -0.1) is 0 Å². The number of hydrogen-bond acceptors (Lipinski definition) is 1. The zero-order valence-corrected chi connectivity index (χ0v) is 7.97. The summed E-state index contributed by atoms with van der Waals surface area (Å²) in [6.45, 7) is 1.76. The molecule has 0 radical (unpaired) electrons. The molecule has 1 amide bonds. The lowest BCUT2D eigenvalue weighted by Crippen LogP contribution is -1.83. The molecule has 1 rings (SSSR count). The van der Waals surface area contributed by atoms with E-state index in [0.717, 1.165) is 5.56 Å². The third kappa shape index (κ3) is 3.65. The second kappa shape index (κ2) is 5.68. The van der Waals surface area contributed by atoms with Gasteiger partial charge in [-0.2, -0.15) is 4.99 Å². The van der Waals surface area contributed by atoms with Crippen LogP contribution in [0.4, 0.5) is 0 Å². The Hall–Kier alpha value is -1.92. The molecule has 0 atom stereocenters. The van der Waals surface area contributed by atoms with E-state index in [4.69, 9.17) is 0 Å². The molecule has 0 fully saturated rings. The Kier molecular flexibility index (Phi) is 4.12. The lowest BCUT2D eigenvalue weighted by molar-refractivity contribution is -0.113. The standard InChI is InChI=1S/C12H11NO/c1-2-10-13-12(14)9-8-11-6-4-3-5-7-11/h2-9H,1H3/b9-8+. The fraction of sp³-hybridized carbons (Fsp3) is 0.0833. The SMILES string of the molecule is CC=C=NC(=O)/C=C/c1ccccc1. The van der Waals surface area contributed by atoms with Crippen LogP contribution in [0.3, 0.4) is 0 Å². The van der Waals surface area contributed by atoms with E-state index in [9.17, 15) is 4.79 Å². The van der Waals surface area contributed by atoms with Crippen molar-refractivity contribution >= 4 is 17.9 Å². The number of carbonyl (C=O) groups is 1. The van der Waals surface area contributed by atoms with Crippen molar-refractivity contribution < 1.29 is 4.79 Å². The van der Waals surface area contributed by atoms with Crippen molar-refractivity contribution in [2.75, 3.05) is 0 Å². The molecule has 0 bridgehead atoms. The quantitative estimate of drug-likeness (QED) is 0.514. The maximum Gasteiger partial charge on any atom is 0.277 e. The monoisotopic (exact) mass is 185 g/mol. The molecule has 70 valence electrons. The van der Waals surface area contributed by atoms with Gasteiger partial charge in [0.2, 0.25) is 0 Å². The van der Waals surface area contributed by atoms with E-state index >= 15 is 0 Å². The van der Waals surface area contributed by atoms with Crippen LogP contribution in [0.1, 0.15) is 12.5 Å². The number of benzene rings is 1. The second-order valence-electron chi connectivity index (χ2n) is 2.61. The third-order valence-electron chi connectivity index (χ3n) is 1.52. The Labute approximate surface area is 83.3 Å². The summed E-state index contributed by atoms with van der Waals surface area (Å²) in [6.07, 6.45) is 4.74. The van der Waals surface area contributed by atoms with Gasteiger partial charge in [0, 0.05) is 6.08 Å². The highest BCUT2D eigenvalue weighted by Gasteiger charge is 1.88. The fourth-order valence-electron chi connectivity index (χ4n) is 0.897. The van der Waals surface area contributed by atoms with E-state index in [1.165, 1.54) is 6.08 Å². The van der Waals surface area contributed by atoms with Gasteiger partial charge in [0.25, 0.3) is 5.91 Å². The predicted octanol–water partition coefficient (Wildman–Crippen LogP) is 2.47. The lowest BCUT2D eigenvalue weighted by atomic mass is 10.2. The van der Waals surface area contributed by atoms with Crippen LogP contribution in [-0.4, -0.2) is 11.8 Å². The molecule has 2 heteroatoms. The minimum absolute atomic E-state index is 0.299. The van der Waals surface area contributed by atoms with E-state index in [2.05, 4.69) is 10.9 Å².